The molecular formula is C35H30N6. The quantitative estimate of drug-likeness (QED) is 0.201. The molecule has 2 aromatic carbocycles. The van der Waals surface area contributed by atoms with Crippen molar-refractivity contribution in [1.82, 2.24) is 29.9 Å². The molecule has 6 rings (SSSR count). The van der Waals surface area contributed by atoms with Gasteiger partial charge >= 0.3 is 0 Å². The maximum Gasteiger partial charge on any atom is 0.178 e. The van der Waals surface area contributed by atoms with Gasteiger partial charge in [-0.25, -0.2) is 29.9 Å². The van der Waals surface area contributed by atoms with Crippen LogP contribution < -0.4 is 0 Å². The van der Waals surface area contributed by atoms with Gasteiger partial charge in [-0.1, -0.05) is 72.8 Å². The van der Waals surface area contributed by atoms with Crippen molar-refractivity contribution in [3.05, 3.63) is 132 Å². The molecule has 0 atom stereocenters. The number of rotatable bonds is 8. The number of benzene rings is 2. The van der Waals surface area contributed by atoms with Crippen molar-refractivity contribution in [2.24, 2.45) is 0 Å². The number of nitrogens with zero attached hydrogens (tertiary/aromatic N) is 6. The number of hydrogen-bond donors (Lipinski definition) is 0. The first-order valence-corrected chi connectivity index (χ1v) is 13.9. The van der Waals surface area contributed by atoms with Gasteiger partial charge in [-0.15, -0.1) is 0 Å². The molecule has 0 N–H and O–H groups in total. The second-order valence-corrected chi connectivity index (χ2v) is 10.1. The normalized spacial score (nSPS) is 11.0. The third kappa shape index (κ3) is 6.39. The Morgan fingerprint density at radius 2 is 0.854 bits per heavy atom. The molecule has 0 bridgehead atoms. The number of hydrogen-bond acceptors (Lipinski definition) is 6. The van der Waals surface area contributed by atoms with Crippen LogP contribution in [-0.2, 0) is 12.8 Å². The van der Waals surface area contributed by atoms with Gasteiger partial charge in [0.05, 0.1) is 11.4 Å². The monoisotopic (exact) mass is 534 g/mol. The van der Waals surface area contributed by atoms with Crippen LogP contribution in [0.2, 0.25) is 0 Å². The van der Waals surface area contributed by atoms with E-state index in [1.807, 2.05) is 86.6 Å². The van der Waals surface area contributed by atoms with Gasteiger partial charge in [0, 0.05) is 33.9 Å². The SMILES string of the molecule is Cc1cccc(-c2nc(CCCc3cc(-c4ccccc4)nc(-c4cccc(C)n4)n3)cc(-c3ccccc3)n2)n1. The van der Waals surface area contributed by atoms with Gasteiger partial charge in [-0.3, -0.25) is 0 Å². The van der Waals surface area contributed by atoms with E-state index >= 15 is 0 Å². The second kappa shape index (κ2) is 12.0. The summed E-state index contributed by atoms with van der Waals surface area (Å²) in [6.07, 6.45) is 2.44. The zero-order valence-corrected chi connectivity index (χ0v) is 23.2. The highest BCUT2D eigenvalue weighted by atomic mass is 14.9. The minimum Gasteiger partial charge on any atom is -0.250 e. The Hall–Kier alpha value is -5.10. The molecular weight excluding hydrogens is 504 g/mol. The van der Waals surface area contributed by atoms with E-state index in [1.165, 1.54) is 0 Å². The van der Waals surface area contributed by atoms with Gasteiger partial charge in [0.2, 0.25) is 0 Å². The molecule has 0 spiro atoms. The van der Waals surface area contributed by atoms with Gasteiger partial charge in [0.15, 0.2) is 11.6 Å². The molecule has 0 aliphatic heterocycles. The maximum atomic E-state index is 4.93. The lowest BCUT2D eigenvalue weighted by Crippen LogP contribution is -2.03. The van der Waals surface area contributed by atoms with Crippen molar-refractivity contribution in [2.45, 2.75) is 33.1 Å². The molecule has 0 aliphatic rings. The first-order chi connectivity index (χ1) is 20.1. The number of aromatic nitrogens is 6. The van der Waals surface area contributed by atoms with Gasteiger partial charge in [0.25, 0.3) is 0 Å². The second-order valence-electron chi connectivity index (χ2n) is 10.1. The third-order valence-corrected chi connectivity index (χ3v) is 6.80. The Bertz CT molecular complexity index is 1650. The van der Waals surface area contributed by atoms with Crippen LogP contribution in [0.4, 0.5) is 0 Å². The summed E-state index contributed by atoms with van der Waals surface area (Å²) < 4.78 is 0. The van der Waals surface area contributed by atoms with Gasteiger partial charge in [-0.2, -0.15) is 0 Å². The van der Waals surface area contributed by atoms with E-state index in [0.29, 0.717) is 11.6 Å². The molecule has 200 valence electrons. The predicted octanol–water partition coefficient (Wildman–Crippen LogP) is 7.52. The summed E-state index contributed by atoms with van der Waals surface area (Å²) in [6.45, 7) is 3.97. The van der Waals surface area contributed by atoms with Crippen LogP contribution in [0.5, 0.6) is 0 Å². The van der Waals surface area contributed by atoms with E-state index in [-0.39, 0.29) is 0 Å². The molecule has 0 aliphatic carbocycles. The van der Waals surface area contributed by atoms with E-state index in [9.17, 15) is 0 Å². The molecule has 6 aromatic rings. The van der Waals surface area contributed by atoms with Crippen molar-refractivity contribution in [2.75, 3.05) is 0 Å². The average molecular weight is 535 g/mol. The molecule has 41 heavy (non-hydrogen) atoms. The summed E-state index contributed by atoms with van der Waals surface area (Å²) in [5.41, 5.74) is 9.32. The van der Waals surface area contributed by atoms with E-state index < -0.39 is 0 Å². The van der Waals surface area contributed by atoms with Crippen molar-refractivity contribution in [3.8, 4) is 45.6 Å². The van der Waals surface area contributed by atoms with Crippen molar-refractivity contribution < 1.29 is 0 Å². The minimum absolute atomic E-state index is 0.645. The Morgan fingerprint density at radius 1 is 0.415 bits per heavy atom. The van der Waals surface area contributed by atoms with Crippen LogP contribution in [0.3, 0.4) is 0 Å². The highest BCUT2D eigenvalue weighted by Crippen LogP contribution is 2.25. The van der Waals surface area contributed by atoms with Gasteiger partial charge in [-0.05, 0) is 69.5 Å². The van der Waals surface area contributed by atoms with Crippen molar-refractivity contribution >= 4 is 0 Å². The summed E-state index contributed by atoms with van der Waals surface area (Å²) in [7, 11) is 0. The Morgan fingerprint density at radius 3 is 1.27 bits per heavy atom. The summed E-state index contributed by atoms with van der Waals surface area (Å²) >= 11 is 0. The van der Waals surface area contributed by atoms with Crippen LogP contribution in [0.15, 0.2) is 109 Å². The summed E-state index contributed by atoms with van der Waals surface area (Å²) in [4.78, 5) is 29.0. The van der Waals surface area contributed by atoms with Crippen molar-refractivity contribution in [1.29, 1.82) is 0 Å². The predicted molar refractivity (Wildman–Crippen MR) is 163 cm³/mol. The molecule has 0 amide bonds. The molecule has 6 heteroatoms. The zero-order chi connectivity index (χ0) is 28.0. The Labute approximate surface area is 240 Å². The lowest BCUT2D eigenvalue weighted by atomic mass is 10.1. The molecule has 4 aromatic heterocycles. The fourth-order valence-electron chi connectivity index (χ4n) is 4.78. The van der Waals surface area contributed by atoms with Crippen LogP contribution >= 0.6 is 0 Å². The fraction of sp³-hybridized carbons (Fsp3) is 0.143. The minimum atomic E-state index is 0.645. The summed E-state index contributed by atoms with van der Waals surface area (Å²) in [6, 6.07) is 36.5. The smallest absolute Gasteiger partial charge is 0.178 e. The van der Waals surface area contributed by atoms with Crippen LogP contribution in [0.25, 0.3) is 45.6 Å². The zero-order valence-electron chi connectivity index (χ0n) is 23.2. The molecule has 4 heterocycles. The number of aryl methyl sites for hydroxylation is 4. The average Bonchev–Trinajstić information content (AvgIpc) is 3.02. The third-order valence-electron chi connectivity index (χ3n) is 6.80. The van der Waals surface area contributed by atoms with Gasteiger partial charge < -0.3 is 0 Å². The van der Waals surface area contributed by atoms with Crippen LogP contribution in [-0.4, -0.2) is 29.9 Å². The number of pyridine rings is 2. The molecule has 0 saturated heterocycles. The van der Waals surface area contributed by atoms with E-state index in [0.717, 1.165) is 75.9 Å². The Kier molecular flexibility index (Phi) is 7.63. The summed E-state index contributed by atoms with van der Waals surface area (Å²) in [5.74, 6) is 1.29. The largest absolute Gasteiger partial charge is 0.250 e. The van der Waals surface area contributed by atoms with E-state index in [2.05, 4.69) is 46.4 Å². The first kappa shape index (κ1) is 26.1. The topological polar surface area (TPSA) is 77.3 Å². The molecule has 0 saturated carbocycles. The highest BCUT2D eigenvalue weighted by Gasteiger charge is 2.13. The van der Waals surface area contributed by atoms with Gasteiger partial charge in [0.1, 0.15) is 11.4 Å². The summed E-state index contributed by atoms with van der Waals surface area (Å²) in [5, 5.41) is 0. The highest BCUT2D eigenvalue weighted by molar-refractivity contribution is 5.64. The van der Waals surface area contributed by atoms with Crippen molar-refractivity contribution in [3.63, 3.8) is 0 Å². The fourth-order valence-corrected chi connectivity index (χ4v) is 4.78. The molecule has 6 nitrogen and oxygen atoms in total. The molecule has 0 radical (unpaired) electrons. The van der Waals surface area contributed by atoms with E-state index in [4.69, 9.17) is 19.9 Å². The van der Waals surface area contributed by atoms with E-state index in [1.54, 1.807) is 0 Å². The molecule has 0 fully saturated rings. The molecule has 0 unspecified atom stereocenters. The lowest BCUT2D eigenvalue weighted by molar-refractivity contribution is 0.777. The van der Waals surface area contributed by atoms with Crippen LogP contribution in [0, 0.1) is 13.8 Å². The first-order valence-electron chi connectivity index (χ1n) is 13.9. The van der Waals surface area contributed by atoms with Crippen LogP contribution in [0.1, 0.15) is 29.2 Å². The standard InChI is InChI=1S/C35H30N6/c1-24-12-9-20-30(36-24)34-38-28(22-32(40-34)26-14-5-3-6-15-26)18-11-19-29-23-33(27-16-7-4-8-17-27)41-35(39-29)31-21-10-13-25(2)37-31/h3-10,12-17,20-23H,11,18-19H2,1-2H3. The maximum absolute atomic E-state index is 4.93. The Balaban J connectivity index is 1.30. The lowest BCUT2D eigenvalue weighted by Gasteiger charge is -2.10.